The number of benzene rings is 1. The number of hydrogen-bond acceptors (Lipinski definition) is 3. The molecule has 2 N–H and O–H groups in total. The maximum absolute atomic E-state index is 12.3. The molecule has 22 heavy (non-hydrogen) atoms. The number of nitrogens with one attached hydrogen (secondary N) is 2. The fourth-order valence-corrected chi connectivity index (χ4v) is 3.41. The van der Waals surface area contributed by atoms with E-state index in [-0.39, 0.29) is 24.5 Å². The highest BCUT2D eigenvalue weighted by Gasteiger charge is 2.34. The summed E-state index contributed by atoms with van der Waals surface area (Å²) in [6.45, 7) is 0.247. The lowest BCUT2D eigenvalue weighted by Gasteiger charge is -2.19. The van der Waals surface area contributed by atoms with E-state index in [9.17, 15) is 10.1 Å². The average Bonchev–Trinajstić information content (AvgIpc) is 3.18. The molecule has 0 aliphatic heterocycles. The van der Waals surface area contributed by atoms with Gasteiger partial charge in [-0.3, -0.25) is 4.79 Å². The number of hydrogen-bond donors (Lipinski definition) is 2. The molecular weight excluding hydrogens is 278 g/mol. The molecule has 0 unspecified atom stereocenters. The lowest BCUT2D eigenvalue weighted by molar-refractivity contribution is -0.126. The van der Waals surface area contributed by atoms with E-state index in [1.54, 1.807) is 13.3 Å². The maximum Gasteiger partial charge on any atom is 0.225 e. The zero-order valence-corrected chi connectivity index (χ0v) is 12.6. The molecule has 1 aromatic heterocycles. The zero-order chi connectivity index (χ0) is 15.5. The van der Waals surface area contributed by atoms with Crippen LogP contribution in [0.1, 0.15) is 36.3 Å². The molecule has 1 aliphatic rings. The molecule has 5 heteroatoms. The molecule has 3 rings (SSSR count). The lowest BCUT2D eigenvalue weighted by Crippen LogP contribution is -2.33. The average molecular weight is 297 g/mol. The number of amides is 1. The number of carbonyl (C=O) groups excluding carboxylic acids is 1. The van der Waals surface area contributed by atoms with Crippen molar-refractivity contribution in [1.29, 1.82) is 5.26 Å². The first kappa shape index (κ1) is 14.6. The summed E-state index contributed by atoms with van der Waals surface area (Å²) in [6, 6.07) is 8.31. The summed E-state index contributed by atoms with van der Waals surface area (Å²) >= 11 is 0. The van der Waals surface area contributed by atoms with Crippen LogP contribution in [0.25, 0.3) is 10.9 Å². The molecule has 0 saturated heterocycles. The van der Waals surface area contributed by atoms with Gasteiger partial charge >= 0.3 is 0 Å². The second kappa shape index (κ2) is 6.20. The molecule has 1 amide bonds. The van der Waals surface area contributed by atoms with Gasteiger partial charge in [-0.25, -0.2) is 0 Å². The van der Waals surface area contributed by atoms with Crippen LogP contribution in [0.5, 0.6) is 0 Å². The Labute approximate surface area is 129 Å². The molecule has 2 atom stereocenters. The predicted molar refractivity (Wildman–Crippen MR) is 83.1 cm³/mol. The Bertz CT molecular complexity index is 729. The number of carbonyl (C=O) groups is 1. The van der Waals surface area contributed by atoms with Crippen molar-refractivity contribution < 1.29 is 9.53 Å². The number of fused-ring (bicyclic) bond motifs is 1. The second-order valence-corrected chi connectivity index (χ2v) is 5.74. The summed E-state index contributed by atoms with van der Waals surface area (Å²) in [7, 11) is 1.57. The normalized spacial score (nSPS) is 20.9. The van der Waals surface area contributed by atoms with E-state index in [0.29, 0.717) is 5.56 Å². The fourth-order valence-electron chi connectivity index (χ4n) is 3.41. The first-order valence-electron chi connectivity index (χ1n) is 7.52. The maximum atomic E-state index is 12.3. The summed E-state index contributed by atoms with van der Waals surface area (Å²) in [5, 5.41) is 12.9. The van der Waals surface area contributed by atoms with Crippen molar-refractivity contribution in [3.8, 4) is 6.07 Å². The molecule has 1 saturated carbocycles. The molecular formula is C17H19N3O2. The molecule has 0 bridgehead atoms. The summed E-state index contributed by atoms with van der Waals surface area (Å²) in [5.74, 6) is 0.249. The topological polar surface area (TPSA) is 77.9 Å². The molecule has 1 aromatic carbocycles. The van der Waals surface area contributed by atoms with Crippen molar-refractivity contribution in [3.63, 3.8) is 0 Å². The Kier molecular flexibility index (Phi) is 4.12. The van der Waals surface area contributed by atoms with Crippen LogP contribution in [0.4, 0.5) is 0 Å². The van der Waals surface area contributed by atoms with Gasteiger partial charge in [-0.15, -0.1) is 0 Å². The van der Waals surface area contributed by atoms with E-state index in [1.165, 1.54) is 0 Å². The van der Waals surface area contributed by atoms with Crippen LogP contribution in [0, 0.1) is 17.2 Å². The largest absolute Gasteiger partial charge is 0.364 e. The standard InChI is InChI=1S/C17H19N3O2/c1-22-10-20-17(21)14-4-2-3-13(14)11-5-6-16-15(7-11)12(8-18)9-19-16/h5-7,9,13-14,19H,2-4,10H2,1H3,(H,20,21)/t13-,14+/m1/s1. The van der Waals surface area contributed by atoms with Crippen molar-refractivity contribution in [2.45, 2.75) is 25.2 Å². The summed E-state index contributed by atoms with van der Waals surface area (Å²) in [6.07, 6.45) is 4.68. The SMILES string of the molecule is COCNC(=O)[C@H]1CCC[C@@H]1c1ccc2[nH]cc(C#N)c2c1. The van der Waals surface area contributed by atoms with Gasteiger partial charge in [0.1, 0.15) is 12.8 Å². The van der Waals surface area contributed by atoms with E-state index in [2.05, 4.69) is 28.5 Å². The van der Waals surface area contributed by atoms with Gasteiger partial charge in [-0.2, -0.15) is 5.26 Å². The molecule has 0 radical (unpaired) electrons. The van der Waals surface area contributed by atoms with E-state index in [0.717, 1.165) is 35.7 Å². The zero-order valence-electron chi connectivity index (χ0n) is 12.6. The minimum atomic E-state index is -0.0166. The molecule has 0 spiro atoms. The quantitative estimate of drug-likeness (QED) is 0.852. The van der Waals surface area contributed by atoms with Crippen LogP contribution < -0.4 is 5.32 Å². The van der Waals surface area contributed by atoms with E-state index >= 15 is 0 Å². The van der Waals surface area contributed by atoms with Crippen molar-refractivity contribution >= 4 is 16.8 Å². The molecule has 114 valence electrons. The van der Waals surface area contributed by atoms with E-state index in [4.69, 9.17) is 4.74 Å². The Morgan fingerprint density at radius 2 is 2.36 bits per heavy atom. The first-order chi connectivity index (χ1) is 10.7. The highest BCUT2D eigenvalue weighted by Crippen LogP contribution is 2.40. The monoisotopic (exact) mass is 297 g/mol. The fraction of sp³-hybridized carbons (Fsp3) is 0.412. The number of nitrogens with zero attached hydrogens (tertiary/aromatic N) is 1. The molecule has 2 aromatic rings. The van der Waals surface area contributed by atoms with Gasteiger partial charge in [0.2, 0.25) is 5.91 Å². The van der Waals surface area contributed by atoms with Gasteiger partial charge in [0.25, 0.3) is 0 Å². The van der Waals surface area contributed by atoms with Gasteiger partial charge in [0, 0.05) is 30.1 Å². The summed E-state index contributed by atoms with van der Waals surface area (Å²) in [4.78, 5) is 15.4. The highest BCUT2D eigenvalue weighted by atomic mass is 16.5. The number of aromatic nitrogens is 1. The third kappa shape index (κ3) is 2.58. The minimum absolute atomic E-state index is 0.0166. The van der Waals surface area contributed by atoms with Gasteiger partial charge in [-0.05, 0) is 36.5 Å². The Hall–Kier alpha value is -2.32. The molecule has 1 fully saturated rings. The van der Waals surface area contributed by atoms with Crippen LogP contribution >= 0.6 is 0 Å². The summed E-state index contributed by atoms with van der Waals surface area (Å²) in [5.41, 5.74) is 2.74. The number of aromatic amines is 1. The van der Waals surface area contributed by atoms with Gasteiger partial charge in [-0.1, -0.05) is 12.5 Å². The number of H-pyrrole nitrogens is 1. The Morgan fingerprint density at radius 3 is 3.14 bits per heavy atom. The van der Waals surface area contributed by atoms with Crippen LogP contribution in [-0.2, 0) is 9.53 Å². The smallest absolute Gasteiger partial charge is 0.225 e. The van der Waals surface area contributed by atoms with Crippen molar-refractivity contribution in [3.05, 3.63) is 35.5 Å². The molecule has 5 nitrogen and oxygen atoms in total. The minimum Gasteiger partial charge on any atom is -0.364 e. The predicted octanol–water partition coefficient (Wildman–Crippen LogP) is 2.64. The van der Waals surface area contributed by atoms with Crippen LogP contribution in [-0.4, -0.2) is 24.7 Å². The lowest BCUT2D eigenvalue weighted by atomic mass is 9.87. The summed E-state index contributed by atoms with van der Waals surface area (Å²) < 4.78 is 4.92. The van der Waals surface area contributed by atoms with E-state index in [1.807, 2.05) is 6.07 Å². The van der Waals surface area contributed by atoms with Crippen molar-refractivity contribution in [2.24, 2.45) is 5.92 Å². The first-order valence-corrected chi connectivity index (χ1v) is 7.52. The molecule has 1 heterocycles. The van der Waals surface area contributed by atoms with Crippen molar-refractivity contribution in [1.82, 2.24) is 10.3 Å². The van der Waals surface area contributed by atoms with Gasteiger partial charge in [0.05, 0.1) is 5.56 Å². The van der Waals surface area contributed by atoms with Crippen LogP contribution in [0.3, 0.4) is 0 Å². The highest BCUT2D eigenvalue weighted by molar-refractivity contribution is 5.87. The van der Waals surface area contributed by atoms with Crippen molar-refractivity contribution in [2.75, 3.05) is 13.8 Å². The van der Waals surface area contributed by atoms with Gasteiger partial charge < -0.3 is 15.0 Å². The van der Waals surface area contributed by atoms with E-state index < -0.39 is 0 Å². The van der Waals surface area contributed by atoms with Crippen LogP contribution in [0.15, 0.2) is 24.4 Å². The second-order valence-electron chi connectivity index (χ2n) is 5.74. The molecule has 1 aliphatic carbocycles. The van der Waals surface area contributed by atoms with Gasteiger partial charge in [0.15, 0.2) is 0 Å². The number of ether oxygens (including phenoxy) is 1. The number of rotatable bonds is 4. The number of nitriles is 1. The third-order valence-electron chi connectivity index (χ3n) is 4.50. The number of methoxy groups -OCH3 is 1. The Morgan fingerprint density at radius 1 is 1.50 bits per heavy atom. The van der Waals surface area contributed by atoms with Crippen LogP contribution in [0.2, 0.25) is 0 Å². The Balaban J connectivity index is 1.89. The third-order valence-corrected chi connectivity index (χ3v) is 4.50.